The van der Waals surface area contributed by atoms with Gasteiger partial charge in [0.2, 0.25) is 0 Å². The van der Waals surface area contributed by atoms with E-state index in [1.807, 2.05) is 25.1 Å². The van der Waals surface area contributed by atoms with E-state index < -0.39 is 0 Å². The number of carbonyl (C=O) groups excluding carboxylic acids is 1. The molecule has 1 unspecified atom stereocenters. The van der Waals surface area contributed by atoms with E-state index in [1.54, 1.807) is 37.9 Å². The molecule has 2 aromatic rings. The van der Waals surface area contributed by atoms with E-state index in [0.717, 1.165) is 65.5 Å². The highest BCUT2D eigenvalue weighted by atomic mass is 32.2. The number of hydrogen-bond acceptors (Lipinski definition) is 7. The maximum absolute atomic E-state index is 11.8. The monoisotopic (exact) mass is 532 g/mol. The lowest BCUT2D eigenvalue weighted by Crippen LogP contribution is -2.45. The summed E-state index contributed by atoms with van der Waals surface area (Å²) in [4.78, 5) is 19.0. The normalized spacial score (nSPS) is 18.6. The second-order valence-corrected chi connectivity index (χ2v) is 11.3. The number of methoxy groups -OCH3 is 2. The van der Waals surface area contributed by atoms with Crippen LogP contribution in [0.2, 0.25) is 0 Å². The third-order valence-corrected chi connectivity index (χ3v) is 8.11. The average Bonchev–Trinajstić information content (AvgIpc) is 2.93. The Morgan fingerprint density at radius 1 is 1.24 bits per heavy atom. The van der Waals surface area contributed by atoms with Gasteiger partial charge in [0.1, 0.15) is 22.7 Å². The lowest BCUT2D eigenvalue weighted by molar-refractivity contribution is -0.109. The molecule has 7 nitrogen and oxygen atoms in total. The first kappa shape index (κ1) is 27.6. The number of aliphatic imine (C=N–C) groups is 1. The molecule has 0 radical (unpaired) electrons. The summed E-state index contributed by atoms with van der Waals surface area (Å²) in [6.45, 7) is 10.1. The number of carbonyl (C=O) groups is 1. The summed E-state index contributed by atoms with van der Waals surface area (Å²) in [5, 5.41) is 6.39. The van der Waals surface area contributed by atoms with Crippen LogP contribution in [0.25, 0.3) is 0 Å². The van der Waals surface area contributed by atoms with Gasteiger partial charge in [0, 0.05) is 24.8 Å². The number of ether oxygens (including phenoxy) is 2. The van der Waals surface area contributed by atoms with E-state index >= 15 is 0 Å². The Bertz CT molecular complexity index is 1310. The molecule has 1 atom stereocenters. The van der Waals surface area contributed by atoms with Crippen molar-refractivity contribution in [2.75, 3.05) is 38.8 Å². The molecule has 4 rings (SSSR count). The first-order valence-electron chi connectivity index (χ1n) is 12.9. The summed E-state index contributed by atoms with van der Waals surface area (Å²) < 4.78 is 10.8. The topological polar surface area (TPSA) is 66.7 Å². The van der Waals surface area contributed by atoms with Crippen molar-refractivity contribution in [3.63, 3.8) is 0 Å². The number of anilines is 1. The van der Waals surface area contributed by atoms with Gasteiger partial charge in [0.15, 0.2) is 6.29 Å². The quantitative estimate of drug-likeness (QED) is 0.216. The van der Waals surface area contributed by atoms with Crippen molar-refractivity contribution in [1.82, 2.24) is 5.01 Å². The van der Waals surface area contributed by atoms with E-state index in [9.17, 15) is 4.79 Å². The van der Waals surface area contributed by atoms with Crippen LogP contribution in [0.5, 0.6) is 11.5 Å². The van der Waals surface area contributed by atoms with Gasteiger partial charge >= 0.3 is 0 Å². The van der Waals surface area contributed by atoms with Crippen LogP contribution in [0.15, 0.2) is 46.5 Å². The number of rotatable bonds is 7. The molecule has 0 aliphatic carbocycles. The molecule has 0 saturated carbocycles. The SMILES string of the molecule is CC#CCN1N=C(c2ccc3c(c2)CCCN3C(=NCC)c2ccc(OC)cc2OC)C(C)(C)SC1C=O. The number of hydrogen-bond donors (Lipinski definition) is 0. The Morgan fingerprint density at radius 2 is 2.05 bits per heavy atom. The van der Waals surface area contributed by atoms with E-state index in [0.29, 0.717) is 13.1 Å². The fourth-order valence-corrected chi connectivity index (χ4v) is 6.10. The van der Waals surface area contributed by atoms with Gasteiger partial charge in [-0.1, -0.05) is 12.0 Å². The number of thioether (sulfide) groups is 1. The van der Waals surface area contributed by atoms with Crippen LogP contribution in [-0.2, 0) is 11.2 Å². The van der Waals surface area contributed by atoms with Crippen LogP contribution in [0.4, 0.5) is 5.69 Å². The summed E-state index contributed by atoms with van der Waals surface area (Å²) in [7, 11) is 3.33. The van der Waals surface area contributed by atoms with Gasteiger partial charge < -0.3 is 19.2 Å². The van der Waals surface area contributed by atoms with Crippen molar-refractivity contribution in [3.8, 4) is 23.3 Å². The van der Waals surface area contributed by atoms with E-state index in [2.05, 4.69) is 48.8 Å². The minimum absolute atomic E-state index is 0.324. The lowest BCUT2D eigenvalue weighted by Gasteiger charge is -2.39. The Labute approximate surface area is 230 Å². The smallest absolute Gasteiger partial charge is 0.154 e. The number of amidine groups is 1. The van der Waals surface area contributed by atoms with Crippen LogP contribution in [0, 0.1) is 11.8 Å². The number of nitrogens with zero attached hydrogens (tertiary/aromatic N) is 4. The standard InChI is InChI=1S/C30H36N4O3S/c1-7-9-17-34-27(20-35)38-30(3,4)28(32-34)22-12-15-25-21(18-22)11-10-16-33(25)29(31-8-2)24-14-13-23(36-5)19-26(24)37-6/h12-15,18-20,27H,8,10-11,16-17H2,1-6H3. The van der Waals surface area contributed by atoms with Gasteiger partial charge in [0.05, 0.1) is 36.8 Å². The number of aryl methyl sites for hydroxylation is 1. The molecule has 2 aromatic carbocycles. The van der Waals surface area contributed by atoms with E-state index in [-0.39, 0.29) is 10.1 Å². The zero-order chi connectivity index (χ0) is 27.3. The minimum Gasteiger partial charge on any atom is -0.497 e. The molecule has 0 spiro atoms. The zero-order valence-electron chi connectivity index (χ0n) is 23.1. The summed E-state index contributed by atoms with van der Waals surface area (Å²) in [5.74, 6) is 8.33. The van der Waals surface area contributed by atoms with Crippen molar-refractivity contribution in [2.24, 2.45) is 10.1 Å². The zero-order valence-corrected chi connectivity index (χ0v) is 23.9. The first-order chi connectivity index (χ1) is 18.4. The molecule has 2 heterocycles. The van der Waals surface area contributed by atoms with Crippen LogP contribution in [0.3, 0.4) is 0 Å². The van der Waals surface area contributed by atoms with Gasteiger partial charge in [-0.15, -0.1) is 17.7 Å². The van der Waals surface area contributed by atoms with E-state index in [4.69, 9.17) is 19.6 Å². The minimum atomic E-state index is -0.352. The fourth-order valence-electron chi connectivity index (χ4n) is 4.93. The molecule has 2 aliphatic rings. The number of hydrazone groups is 1. The number of fused-ring (bicyclic) bond motifs is 1. The van der Waals surface area contributed by atoms with Crippen LogP contribution >= 0.6 is 11.8 Å². The highest BCUT2D eigenvalue weighted by Crippen LogP contribution is 2.40. The predicted octanol–water partition coefficient (Wildman–Crippen LogP) is 5.00. The molecular formula is C30H36N4O3S. The molecule has 200 valence electrons. The largest absolute Gasteiger partial charge is 0.497 e. The van der Waals surface area contributed by atoms with Gasteiger partial charge in [-0.2, -0.15) is 5.10 Å². The van der Waals surface area contributed by atoms with E-state index in [1.165, 1.54) is 5.56 Å². The Hall–Kier alpha value is -3.44. The average molecular weight is 533 g/mol. The molecule has 8 heteroatoms. The molecule has 0 fully saturated rings. The molecule has 0 bridgehead atoms. The number of benzene rings is 2. The molecule has 0 N–H and O–H groups in total. The van der Waals surface area contributed by atoms with Crippen LogP contribution in [-0.4, -0.2) is 66.8 Å². The second kappa shape index (κ2) is 12.0. The maximum atomic E-state index is 11.8. The van der Waals surface area contributed by atoms with Crippen molar-refractivity contribution in [3.05, 3.63) is 53.1 Å². The molecular weight excluding hydrogens is 496 g/mol. The van der Waals surface area contributed by atoms with Crippen molar-refractivity contribution in [1.29, 1.82) is 0 Å². The Morgan fingerprint density at radius 3 is 2.74 bits per heavy atom. The van der Waals surface area contributed by atoms with Crippen molar-refractivity contribution in [2.45, 2.75) is 50.7 Å². The third-order valence-electron chi connectivity index (χ3n) is 6.73. The molecule has 0 aromatic heterocycles. The first-order valence-corrected chi connectivity index (χ1v) is 13.8. The predicted molar refractivity (Wildman–Crippen MR) is 157 cm³/mol. The van der Waals surface area contributed by atoms with Crippen LogP contribution < -0.4 is 14.4 Å². The highest BCUT2D eigenvalue weighted by molar-refractivity contribution is 8.02. The van der Waals surface area contributed by atoms with Crippen molar-refractivity contribution < 1.29 is 14.3 Å². The summed E-state index contributed by atoms with van der Waals surface area (Å²) in [6.07, 6.45) is 2.94. The summed E-state index contributed by atoms with van der Waals surface area (Å²) >= 11 is 1.61. The Kier molecular flexibility index (Phi) is 8.68. The van der Waals surface area contributed by atoms with Gasteiger partial charge in [-0.25, -0.2) is 0 Å². The molecule has 0 saturated heterocycles. The third kappa shape index (κ3) is 5.53. The summed E-state index contributed by atoms with van der Waals surface area (Å²) in [5.41, 5.74) is 5.36. The molecule has 2 aliphatic heterocycles. The maximum Gasteiger partial charge on any atom is 0.154 e. The number of aldehydes is 1. The van der Waals surface area contributed by atoms with Crippen molar-refractivity contribution >= 4 is 35.3 Å². The van der Waals surface area contributed by atoms with Crippen LogP contribution in [0.1, 0.15) is 50.8 Å². The van der Waals surface area contributed by atoms with Gasteiger partial charge in [0.25, 0.3) is 0 Å². The second-order valence-electron chi connectivity index (χ2n) is 9.59. The highest BCUT2D eigenvalue weighted by Gasteiger charge is 2.38. The lowest BCUT2D eigenvalue weighted by atomic mass is 9.93. The van der Waals surface area contributed by atoms with Gasteiger partial charge in [-0.05, 0) is 75.9 Å². The summed E-state index contributed by atoms with van der Waals surface area (Å²) in [6, 6.07) is 12.4. The van der Waals surface area contributed by atoms with Gasteiger partial charge in [-0.3, -0.25) is 10.0 Å². The fraction of sp³-hybridized carbons (Fsp3) is 0.433. The molecule has 38 heavy (non-hydrogen) atoms. The Balaban J connectivity index is 1.75. The molecule has 0 amide bonds.